The van der Waals surface area contributed by atoms with Crippen LogP contribution in [0.5, 0.6) is 0 Å². The molecule has 0 atom stereocenters. The van der Waals surface area contributed by atoms with Gasteiger partial charge in [0.25, 0.3) is 0 Å². The molecule has 1 heterocycles. The summed E-state index contributed by atoms with van der Waals surface area (Å²) in [5.74, 6) is -0.711. The van der Waals surface area contributed by atoms with Crippen molar-refractivity contribution in [3.05, 3.63) is 63.4 Å². The molecule has 2 rings (SSSR count). The number of ether oxygens (including phenoxy) is 1. The fourth-order valence-electron chi connectivity index (χ4n) is 2.84. The molecular formula is C22H23ClN2O3. The zero-order chi connectivity index (χ0) is 20.8. The van der Waals surface area contributed by atoms with Crippen LogP contribution in [0.2, 0.25) is 5.02 Å². The summed E-state index contributed by atoms with van der Waals surface area (Å²) in [5.41, 5.74) is 3.06. The molecule has 5 nitrogen and oxygen atoms in total. The van der Waals surface area contributed by atoms with Crippen molar-refractivity contribution in [2.24, 2.45) is 5.92 Å². The van der Waals surface area contributed by atoms with Crippen molar-refractivity contribution in [3.63, 3.8) is 0 Å². The molecule has 0 N–H and O–H groups in total. The molecule has 0 saturated heterocycles. The largest absolute Gasteiger partial charge is 0.453 e. The first-order valence-electron chi connectivity index (χ1n) is 8.97. The highest BCUT2D eigenvalue weighted by atomic mass is 35.5. The Morgan fingerprint density at radius 1 is 1.25 bits per heavy atom. The van der Waals surface area contributed by atoms with Gasteiger partial charge in [-0.15, -0.1) is 0 Å². The van der Waals surface area contributed by atoms with Crippen LogP contribution < -0.4 is 0 Å². The van der Waals surface area contributed by atoms with Crippen LogP contribution in [0.15, 0.2) is 35.9 Å². The van der Waals surface area contributed by atoms with Crippen molar-refractivity contribution in [1.82, 2.24) is 4.57 Å². The van der Waals surface area contributed by atoms with E-state index in [4.69, 9.17) is 16.3 Å². The zero-order valence-corrected chi connectivity index (χ0v) is 17.2. The van der Waals surface area contributed by atoms with E-state index in [-0.39, 0.29) is 11.4 Å². The summed E-state index contributed by atoms with van der Waals surface area (Å²) >= 11 is 5.79. The normalized spacial score (nSPS) is 11.4. The number of aromatic nitrogens is 1. The summed E-state index contributed by atoms with van der Waals surface area (Å²) in [4.78, 5) is 24.4. The van der Waals surface area contributed by atoms with E-state index >= 15 is 0 Å². The molecule has 0 saturated carbocycles. The topological polar surface area (TPSA) is 72.1 Å². The van der Waals surface area contributed by atoms with Crippen LogP contribution in [0, 0.1) is 31.1 Å². The number of aryl methyl sites for hydroxylation is 1. The Morgan fingerprint density at radius 2 is 1.89 bits per heavy atom. The van der Waals surface area contributed by atoms with Gasteiger partial charge in [0, 0.05) is 28.5 Å². The number of carbonyl (C=O) groups excluding carboxylic acids is 2. The van der Waals surface area contributed by atoms with Crippen LogP contribution in [0.4, 0.5) is 0 Å². The molecule has 0 aliphatic heterocycles. The van der Waals surface area contributed by atoms with Crippen LogP contribution in [0.25, 0.3) is 6.08 Å². The molecule has 0 bridgehead atoms. The van der Waals surface area contributed by atoms with E-state index in [1.165, 1.54) is 6.08 Å². The lowest BCUT2D eigenvalue weighted by Crippen LogP contribution is -2.15. The maximum absolute atomic E-state index is 12.3. The second-order valence-corrected chi connectivity index (χ2v) is 7.44. The van der Waals surface area contributed by atoms with Crippen LogP contribution in [0.1, 0.15) is 41.2 Å². The highest BCUT2D eigenvalue weighted by molar-refractivity contribution is 6.30. The molecule has 6 heteroatoms. The average Bonchev–Trinajstić information content (AvgIpc) is 2.91. The predicted octanol–water partition coefficient (Wildman–Crippen LogP) is 4.75. The monoisotopic (exact) mass is 398 g/mol. The Balaban J connectivity index is 2.12. The average molecular weight is 399 g/mol. The Morgan fingerprint density at radius 3 is 2.46 bits per heavy atom. The van der Waals surface area contributed by atoms with Crippen LogP contribution in [-0.2, 0) is 16.1 Å². The summed E-state index contributed by atoms with van der Waals surface area (Å²) in [7, 11) is 0. The van der Waals surface area contributed by atoms with Gasteiger partial charge >= 0.3 is 5.97 Å². The van der Waals surface area contributed by atoms with E-state index in [9.17, 15) is 14.9 Å². The number of nitriles is 1. The van der Waals surface area contributed by atoms with Gasteiger partial charge in [0.15, 0.2) is 12.4 Å². The van der Waals surface area contributed by atoms with Crippen molar-refractivity contribution in [2.45, 2.75) is 34.2 Å². The van der Waals surface area contributed by atoms with E-state index in [0.717, 1.165) is 23.5 Å². The molecule has 1 aromatic carbocycles. The van der Waals surface area contributed by atoms with E-state index in [1.54, 1.807) is 24.3 Å². The molecular weight excluding hydrogens is 376 g/mol. The lowest BCUT2D eigenvalue weighted by Gasteiger charge is -2.12. The van der Waals surface area contributed by atoms with E-state index < -0.39 is 12.6 Å². The number of Topliss-reactive ketones (excluding diaryl/α,β-unsaturated/α-hetero) is 1. The third-order valence-electron chi connectivity index (χ3n) is 4.30. The third kappa shape index (κ3) is 5.34. The first kappa shape index (κ1) is 21.5. The minimum atomic E-state index is -0.821. The number of hydrogen-bond acceptors (Lipinski definition) is 4. The molecule has 0 aliphatic carbocycles. The van der Waals surface area contributed by atoms with Crippen molar-refractivity contribution in [2.75, 3.05) is 6.61 Å². The van der Waals surface area contributed by atoms with E-state index in [2.05, 4.69) is 18.4 Å². The zero-order valence-electron chi connectivity index (χ0n) is 16.5. The molecule has 2 aromatic rings. The number of halogens is 1. The van der Waals surface area contributed by atoms with Crippen LogP contribution >= 0.6 is 11.6 Å². The Hall–Kier alpha value is -2.84. The molecule has 0 radical (unpaired) electrons. The smallest absolute Gasteiger partial charge is 0.349 e. The fraction of sp³-hybridized carbons (Fsp3) is 0.318. The summed E-state index contributed by atoms with van der Waals surface area (Å²) < 4.78 is 7.19. The molecule has 0 fully saturated rings. The number of rotatable bonds is 7. The van der Waals surface area contributed by atoms with E-state index in [0.29, 0.717) is 16.5 Å². The summed E-state index contributed by atoms with van der Waals surface area (Å²) in [5, 5.41) is 9.87. The lowest BCUT2D eigenvalue weighted by molar-refractivity contribution is -0.137. The quantitative estimate of drug-likeness (QED) is 0.292. The molecule has 0 spiro atoms. The van der Waals surface area contributed by atoms with Gasteiger partial charge in [-0.2, -0.15) is 5.26 Å². The second-order valence-electron chi connectivity index (χ2n) is 7.01. The Bertz CT molecular complexity index is 947. The number of benzene rings is 1. The first-order chi connectivity index (χ1) is 13.2. The standard InChI is InChI=1S/C22H23ClN2O3/c1-14(2)12-25-15(3)9-18(16(25)4)10-19(11-24)22(27)28-13-21(26)17-5-7-20(23)8-6-17/h5-10,14H,12-13H2,1-4H3/b19-10+. The summed E-state index contributed by atoms with van der Waals surface area (Å²) in [6.07, 6.45) is 1.51. The highest BCUT2D eigenvalue weighted by Gasteiger charge is 2.16. The minimum absolute atomic E-state index is 0.145. The molecule has 0 aliphatic rings. The highest BCUT2D eigenvalue weighted by Crippen LogP contribution is 2.20. The van der Waals surface area contributed by atoms with Gasteiger partial charge in [-0.1, -0.05) is 25.4 Å². The van der Waals surface area contributed by atoms with Gasteiger partial charge in [-0.05, 0) is 61.7 Å². The summed E-state index contributed by atoms with van der Waals surface area (Å²) in [6, 6.07) is 10.1. The third-order valence-corrected chi connectivity index (χ3v) is 4.55. The number of hydrogen-bond donors (Lipinski definition) is 0. The van der Waals surface area contributed by atoms with Crippen molar-refractivity contribution >= 4 is 29.4 Å². The van der Waals surface area contributed by atoms with Crippen LogP contribution in [0.3, 0.4) is 0 Å². The molecule has 0 amide bonds. The van der Waals surface area contributed by atoms with Gasteiger partial charge in [0.1, 0.15) is 11.6 Å². The van der Waals surface area contributed by atoms with Crippen molar-refractivity contribution in [1.29, 1.82) is 5.26 Å². The number of ketones is 1. The van der Waals surface area contributed by atoms with Gasteiger partial charge in [-0.3, -0.25) is 4.79 Å². The maximum atomic E-state index is 12.3. The Kier molecular flexibility index (Phi) is 7.19. The van der Waals surface area contributed by atoms with Gasteiger partial charge in [0.05, 0.1) is 0 Å². The van der Waals surface area contributed by atoms with Gasteiger partial charge < -0.3 is 9.30 Å². The minimum Gasteiger partial charge on any atom is -0.453 e. The SMILES string of the molecule is Cc1cc(/C=C(\C#N)C(=O)OCC(=O)c2ccc(Cl)cc2)c(C)n1CC(C)C. The first-order valence-corrected chi connectivity index (χ1v) is 9.35. The second kappa shape index (κ2) is 9.38. The van der Waals surface area contributed by atoms with E-state index in [1.807, 2.05) is 26.0 Å². The number of esters is 1. The number of carbonyl (C=O) groups is 2. The van der Waals surface area contributed by atoms with Crippen LogP contribution in [-0.4, -0.2) is 22.9 Å². The van der Waals surface area contributed by atoms with Crippen molar-refractivity contribution in [3.8, 4) is 6.07 Å². The Labute approximate surface area is 170 Å². The molecule has 1 aromatic heterocycles. The predicted molar refractivity (Wildman–Crippen MR) is 109 cm³/mol. The van der Waals surface area contributed by atoms with Gasteiger partial charge in [-0.25, -0.2) is 4.79 Å². The lowest BCUT2D eigenvalue weighted by atomic mass is 10.1. The summed E-state index contributed by atoms with van der Waals surface area (Å²) in [6.45, 7) is 8.61. The molecule has 28 heavy (non-hydrogen) atoms. The van der Waals surface area contributed by atoms with Gasteiger partial charge in [0.2, 0.25) is 0 Å². The molecule has 0 unspecified atom stereocenters. The fourth-order valence-corrected chi connectivity index (χ4v) is 2.97. The molecule has 146 valence electrons. The maximum Gasteiger partial charge on any atom is 0.349 e. The van der Waals surface area contributed by atoms with Crippen molar-refractivity contribution < 1.29 is 14.3 Å². The number of nitrogens with zero attached hydrogens (tertiary/aromatic N) is 2.